The van der Waals surface area contributed by atoms with Crippen LogP contribution in [0.5, 0.6) is 0 Å². The fourth-order valence-electron chi connectivity index (χ4n) is 2.04. The number of ether oxygens (including phenoxy) is 2. The fraction of sp³-hybridized carbons (Fsp3) is 0.556. The summed E-state index contributed by atoms with van der Waals surface area (Å²) in [6, 6.07) is 0. The maximum atomic E-state index is 11.1. The lowest BCUT2D eigenvalue weighted by molar-refractivity contribution is -0.146. The van der Waals surface area contributed by atoms with E-state index in [-0.39, 0.29) is 24.0 Å². The summed E-state index contributed by atoms with van der Waals surface area (Å²) in [5, 5.41) is 0. The van der Waals surface area contributed by atoms with E-state index in [4.69, 9.17) is 9.47 Å². The van der Waals surface area contributed by atoms with Crippen molar-refractivity contribution in [3.8, 4) is 0 Å². The van der Waals surface area contributed by atoms with Crippen LogP contribution >= 0.6 is 0 Å². The van der Waals surface area contributed by atoms with Crippen molar-refractivity contribution in [3.05, 3.63) is 12.2 Å². The lowest BCUT2D eigenvalue weighted by Crippen LogP contribution is -2.38. The normalized spacial score (nSPS) is 46.5. The van der Waals surface area contributed by atoms with E-state index in [1.54, 1.807) is 6.08 Å². The number of ketones is 1. The van der Waals surface area contributed by atoms with E-state index in [1.807, 2.05) is 0 Å². The van der Waals surface area contributed by atoms with Gasteiger partial charge in [0.15, 0.2) is 17.5 Å². The minimum Gasteiger partial charge on any atom is -0.452 e. The molecule has 3 atom stereocenters. The molecule has 2 aliphatic heterocycles. The predicted molar refractivity (Wildman–Crippen MR) is 40.9 cm³/mol. The van der Waals surface area contributed by atoms with Crippen molar-refractivity contribution in [2.45, 2.75) is 30.7 Å². The standard InChI is InChI=1S/C9H8O4/c10-5-1-3-9(8-7(5)12-8)4-2-6(11)13-9/h1,3,7-8H,2,4H2/t7-,8-,9?/m0/s1. The van der Waals surface area contributed by atoms with Gasteiger partial charge in [-0.3, -0.25) is 9.59 Å². The number of carbonyl (C=O) groups is 2. The number of rotatable bonds is 0. The van der Waals surface area contributed by atoms with Gasteiger partial charge in [-0.05, 0) is 12.2 Å². The van der Waals surface area contributed by atoms with Crippen LogP contribution < -0.4 is 0 Å². The van der Waals surface area contributed by atoms with E-state index >= 15 is 0 Å². The highest BCUT2D eigenvalue weighted by Crippen LogP contribution is 2.45. The molecule has 0 aromatic heterocycles. The summed E-state index contributed by atoms with van der Waals surface area (Å²) >= 11 is 0. The number of hydrogen-bond donors (Lipinski definition) is 0. The van der Waals surface area contributed by atoms with Gasteiger partial charge >= 0.3 is 5.97 Å². The van der Waals surface area contributed by atoms with Crippen molar-refractivity contribution in [2.24, 2.45) is 0 Å². The number of carbonyl (C=O) groups excluding carboxylic acids is 2. The zero-order valence-electron chi connectivity index (χ0n) is 6.86. The van der Waals surface area contributed by atoms with Crippen LogP contribution in [0.1, 0.15) is 12.8 Å². The molecule has 68 valence electrons. The lowest BCUT2D eigenvalue weighted by Gasteiger charge is -2.23. The van der Waals surface area contributed by atoms with Gasteiger partial charge < -0.3 is 9.47 Å². The third-order valence-electron chi connectivity index (χ3n) is 2.81. The quantitative estimate of drug-likeness (QED) is 0.388. The van der Waals surface area contributed by atoms with Crippen LogP contribution in [-0.2, 0) is 19.1 Å². The summed E-state index contributed by atoms with van der Waals surface area (Å²) in [5.74, 6) is -0.216. The van der Waals surface area contributed by atoms with Crippen molar-refractivity contribution in [2.75, 3.05) is 0 Å². The number of fused-ring (bicyclic) bond motifs is 2. The maximum absolute atomic E-state index is 11.1. The van der Waals surface area contributed by atoms with Gasteiger partial charge in [0.05, 0.1) is 0 Å². The Morgan fingerprint density at radius 2 is 2.31 bits per heavy atom. The van der Waals surface area contributed by atoms with Crippen molar-refractivity contribution in [1.82, 2.24) is 0 Å². The zero-order chi connectivity index (χ0) is 9.05. The summed E-state index contributed by atoms with van der Waals surface area (Å²) in [6.45, 7) is 0. The number of hydrogen-bond acceptors (Lipinski definition) is 4. The van der Waals surface area contributed by atoms with Gasteiger partial charge in [0, 0.05) is 12.8 Å². The van der Waals surface area contributed by atoms with E-state index in [2.05, 4.69) is 0 Å². The van der Waals surface area contributed by atoms with Gasteiger partial charge in [-0.15, -0.1) is 0 Å². The second-order valence-corrected chi connectivity index (χ2v) is 3.64. The molecule has 13 heavy (non-hydrogen) atoms. The molecule has 0 amide bonds. The van der Waals surface area contributed by atoms with E-state index in [0.29, 0.717) is 12.8 Å². The molecule has 2 heterocycles. The Kier molecular flexibility index (Phi) is 1.12. The van der Waals surface area contributed by atoms with Gasteiger partial charge in [0.1, 0.15) is 6.10 Å². The van der Waals surface area contributed by atoms with Crippen LogP contribution in [0.3, 0.4) is 0 Å². The highest BCUT2D eigenvalue weighted by atomic mass is 16.6. The highest BCUT2D eigenvalue weighted by Gasteiger charge is 2.62. The number of esters is 1. The van der Waals surface area contributed by atoms with Crippen molar-refractivity contribution >= 4 is 11.8 Å². The molecule has 4 heteroatoms. The first-order valence-electron chi connectivity index (χ1n) is 4.32. The van der Waals surface area contributed by atoms with Gasteiger partial charge in [-0.2, -0.15) is 0 Å². The van der Waals surface area contributed by atoms with Gasteiger partial charge in [0.25, 0.3) is 0 Å². The molecule has 0 N–H and O–H groups in total. The molecular formula is C9H8O4. The Bertz CT molecular complexity index is 333. The second-order valence-electron chi connectivity index (χ2n) is 3.64. The van der Waals surface area contributed by atoms with Gasteiger partial charge in [-0.25, -0.2) is 0 Å². The summed E-state index contributed by atoms with van der Waals surface area (Å²) in [7, 11) is 0. The Morgan fingerprint density at radius 3 is 3.00 bits per heavy atom. The van der Waals surface area contributed by atoms with Gasteiger partial charge in [-0.1, -0.05) is 0 Å². The summed E-state index contributed by atoms with van der Waals surface area (Å²) < 4.78 is 10.4. The summed E-state index contributed by atoms with van der Waals surface area (Å²) in [5.41, 5.74) is -0.615. The van der Waals surface area contributed by atoms with Crippen molar-refractivity contribution in [1.29, 1.82) is 0 Å². The predicted octanol–water partition coefficient (Wildman–Crippen LogP) is -0.0315. The molecule has 1 aliphatic carbocycles. The maximum Gasteiger partial charge on any atom is 0.306 e. The molecule has 0 saturated carbocycles. The van der Waals surface area contributed by atoms with Crippen LogP contribution in [0.15, 0.2) is 12.2 Å². The Hall–Kier alpha value is -1.16. The average molecular weight is 180 g/mol. The molecule has 2 saturated heterocycles. The van der Waals surface area contributed by atoms with E-state index in [1.165, 1.54) is 6.08 Å². The van der Waals surface area contributed by atoms with E-state index in [0.717, 1.165) is 0 Å². The topological polar surface area (TPSA) is 55.9 Å². The molecular weight excluding hydrogens is 172 g/mol. The SMILES string of the molecule is O=C1CCC2(C=CC(=O)[C@@H]3O[C@@H]32)O1. The summed E-state index contributed by atoms with van der Waals surface area (Å²) in [6.07, 6.45) is 3.63. The first-order chi connectivity index (χ1) is 6.21. The molecule has 1 spiro atoms. The van der Waals surface area contributed by atoms with Crippen LogP contribution in [0.4, 0.5) is 0 Å². The largest absolute Gasteiger partial charge is 0.452 e. The minimum atomic E-state index is -0.615. The second kappa shape index (κ2) is 2.01. The Labute approximate surface area is 74.5 Å². The fourth-order valence-corrected chi connectivity index (χ4v) is 2.04. The lowest BCUT2D eigenvalue weighted by atomic mass is 9.88. The molecule has 1 unspecified atom stereocenters. The van der Waals surface area contributed by atoms with Crippen molar-refractivity contribution < 1.29 is 19.1 Å². The first kappa shape index (κ1) is 7.26. The molecule has 0 bridgehead atoms. The van der Waals surface area contributed by atoms with E-state index in [9.17, 15) is 9.59 Å². The van der Waals surface area contributed by atoms with Crippen molar-refractivity contribution in [3.63, 3.8) is 0 Å². The molecule has 0 radical (unpaired) electrons. The van der Waals surface area contributed by atoms with Gasteiger partial charge in [0.2, 0.25) is 0 Å². The molecule has 4 nitrogen and oxygen atoms in total. The third kappa shape index (κ3) is 0.836. The summed E-state index contributed by atoms with van der Waals surface area (Å²) in [4.78, 5) is 22.1. The van der Waals surface area contributed by atoms with Crippen LogP contribution in [0.2, 0.25) is 0 Å². The molecule has 0 aromatic rings. The van der Waals surface area contributed by atoms with Crippen LogP contribution in [0.25, 0.3) is 0 Å². The smallest absolute Gasteiger partial charge is 0.306 e. The minimum absolute atomic E-state index is 0.0152. The molecule has 2 fully saturated rings. The Morgan fingerprint density at radius 1 is 1.46 bits per heavy atom. The molecule has 3 aliphatic rings. The van der Waals surface area contributed by atoms with E-state index < -0.39 is 5.60 Å². The Balaban J connectivity index is 1.97. The molecule has 0 aromatic carbocycles. The first-order valence-corrected chi connectivity index (χ1v) is 4.32. The van der Waals surface area contributed by atoms with Crippen LogP contribution in [0, 0.1) is 0 Å². The third-order valence-corrected chi connectivity index (χ3v) is 2.81. The number of epoxide rings is 1. The monoisotopic (exact) mass is 180 g/mol. The zero-order valence-corrected chi connectivity index (χ0v) is 6.86. The molecule has 3 rings (SSSR count). The van der Waals surface area contributed by atoms with Crippen LogP contribution in [-0.4, -0.2) is 29.6 Å². The average Bonchev–Trinajstić information content (AvgIpc) is 2.83. The highest BCUT2D eigenvalue weighted by molar-refractivity contribution is 5.98.